The van der Waals surface area contributed by atoms with Crippen LogP contribution in [0, 0.1) is 6.92 Å². The second-order valence-corrected chi connectivity index (χ2v) is 5.57. The van der Waals surface area contributed by atoms with E-state index in [-0.39, 0.29) is 18.5 Å². The first-order valence-electron chi connectivity index (χ1n) is 7.49. The first-order chi connectivity index (χ1) is 11.1. The van der Waals surface area contributed by atoms with Crippen LogP contribution in [-0.2, 0) is 11.3 Å². The minimum Gasteiger partial charge on any atom is -0.408 e. The molecule has 3 aromatic rings. The molecule has 0 aliphatic heterocycles. The van der Waals surface area contributed by atoms with Crippen molar-refractivity contribution in [2.45, 2.75) is 26.4 Å². The molecule has 0 spiro atoms. The van der Waals surface area contributed by atoms with E-state index >= 15 is 0 Å². The number of carbonyl (C=O) groups excluding carboxylic acids is 1. The Hall–Kier alpha value is -2.82. The van der Waals surface area contributed by atoms with E-state index in [1.807, 2.05) is 44.2 Å². The molecular weight excluding hydrogens is 292 g/mol. The number of nitrogens with one attached hydrogen (secondary N) is 1. The predicted octanol–water partition coefficient (Wildman–Crippen LogP) is 2.78. The van der Waals surface area contributed by atoms with E-state index in [1.165, 1.54) is 4.57 Å². The Morgan fingerprint density at radius 2 is 1.87 bits per heavy atom. The standard InChI is InChI=1S/C18H18N2O3/c1-12-7-3-4-8-14(12)13(2)19-17(21)11-20-15-9-5-6-10-16(15)23-18(20)22/h3-10,13H,11H2,1-2H3,(H,19,21). The first-order valence-corrected chi connectivity index (χ1v) is 7.49. The molecule has 1 atom stereocenters. The molecule has 5 nitrogen and oxygen atoms in total. The summed E-state index contributed by atoms with van der Waals surface area (Å²) >= 11 is 0. The van der Waals surface area contributed by atoms with Gasteiger partial charge in [0.1, 0.15) is 6.54 Å². The third-order valence-corrected chi connectivity index (χ3v) is 3.91. The molecule has 0 saturated heterocycles. The van der Waals surface area contributed by atoms with Gasteiger partial charge in [0.25, 0.3) is 0 Å². The third kappa shape index (κ3) is 3.04. The second kappa shape index (κ2) is 6.12. The molecule has 118 valence electrons. The zero-order valence-corrected chi connectivity index (χ0v) is 13.1. The monoisotopic (exact) mass is 310 g/mol. The molecule has 0 aliphatic carbocycles. The fourth-order valence-corrected chi connectivity index (χ4v) is 2.74. The van der Waals surface area contributed by atoms with Crippen molar-refractivity contribution in [3.8, 4) is 0 Å². The van der Waals surface area contributed by atoms with Crippen LogP contribution in [0.3, 0.4) is 0 Å². The Morgan fingerprint density at radius 1 is 1.17 bits per heavy atom. The fraction of sp³-hybridized carbons (Fsp3) is 0.222. The van der Waals surface area contributed by atoms with Crippen molar-refractivity contribution >= 4 is 17.0 Å². The molecule has 0 radical (unpaired) electrons. The Labute approximate surface area is 133 Å². The van der Waals surface area contributed by atoms with Gasteiger partial charge in [0.05, 0.1) is 11.6 Å². The molecule has 0 bridgehead atoms. The van der Waals surface area contributed by atoms with Crippen LogP contribution in [0.15, 0.2) is 57.7 Å². The summed E-state index contributed by atoms with van der Waals surface area (Å²) < 4.78 is 6.48. The Bertz CT molecular complexity index is 908. The number of aromatic nitrogens is 1. The van der Waals surface area contributed by atoms with Crippen molar-refractivity contribution < 1.29 is 9.21 Å². The zero-order chi connectivity index (χ0) is 16.4. The van der Waals surface area contributed by atoms with Gasteiger partial charge in [-0.25, -0.2) is 4.79 Å². The van der Waals surface area contributed by atoms with E-state index in [9.17, 15) is 9.59 Å². The average Bonchev–Trinajstić information content (AvgIpc) is 2.83. The summed E-state index contributed by atoms with van der Waals surface area (Å²) in [5, 5.41) is 2.93. The Morgan fingerprint density at radius 3 is 2.65 bits per heavy atom. The normalized spacial score (nSPS) is 12.3. The van der Waals surface area contributed by atoms with Gasteiger partial charge in [-0.05, 0) is 37.1 Å². The van der Waals surface area contributed by atoms with Crippen molar-refractivity contribution in [1.82, 2.24) is 9.88 Å². The highest BCUT2D eigenvalue weighted by molar-refractivity contribution is 5.79. The van der Waals surface area contributed by atoms with Crippen LogP contribution in [0.25, 0.3) is 11.1 Å². The molecule has 0 saturated carbocycles. The summed E-state index contributed by atoms with van der Waals surface area (Å²) in [5.41, 5.74) is 3.28. The molecule has 1 heterocycles. The lowest BCUT2D eigenvalue weighted by Gasteiger charge is -2.16. The Balaban J connectivity index is 1.78. The van der Waals surface area contributed by atoms with Crippen LogP contribution >= 0.6 is 0 Å². The van der Waals surface area contributed by atoms with Crippen LogP contribution in [0.2, 0.25) is 0 Å². The van der Waals surface area contributed by atoms with Gasteiger partial charge in [0, 0.05) is 0 Å². The molecule has 1 N–H and O–H groups in total. The first kappa shape index (κ1) is 15.1. The van der Waals surface area contributed by atoms with Gasteiger partial charge < -0.3 is 9.73 Å². The number of para-hydroxylation sites is 2. The van der Waals surface area contributed by atoms with E-state index < -0.39 is 5.76 Å². The maximum absolute atomic E-state index is 12.3. The number of rotatable bonds is 4. The fourth-order valence-electron chi connectivity index (χ4n) is 2.74. The van der Waals surface area contributed by atoms with Gasteiger partial charge in [-0.1, -0.05) is 36.4 Å². The molecule has 1 amide bonds. The summed E-state index contributed by atoms with van der Waals surface area (Å²) in [4.78, 5) is 24.2. The van der Waals surface area contributed by atoms with E-state index in [4.69, 9.17) is 4.42 Å². The quantitative estimate of drug-likeness (QED) is 0.806. The third-order valence-electron chi connectivity index (χ3n) is 3.91. The van der Waals surface area contributed by atoms with Crippen molar-refractivity contribution in [1.29, 1.82) is 0 Å². The number of hydrogen-bond acceptors (Lipinski definition) is 3. The SMILES string of the molecule is Cc1ccccc1C(C)NC(=O)Cn1c(=O)oc2ccccc21. The molecule has 3 rings (SSSR count). The lowest BCUT2D eigenvalue weighted by atomic mass is 10.0. The van der Waals surface area contributed by atoms with E-state index in [0.717, 1.165) is 11.1 Å². The number of carbonyl (C=O) groups is 1. The number of oxazole rings is 1. The Kier molecular flexibility index (Phi) is 4.02. The van der Waals surface area contributed by atoms with Crippen LogP contribution in [0.1, 0.15) is 24.1 Å². The topological polar surface area (TPSA) is 64.2 Å². The number of hydrogen-bond donors (Lipinski definition) is 1. The lowest BCUT2D eigenvalue weighted by molar-refractivity contribution is -0.122. The maximum Gasteiger partial charge on any atom is 0.420 e. The highest BCUT2D eigenvalue weighted by atomic mass is 16.4. The van der Waals surface area contributed by atoms with Gasteiger partial charge in [-0.2, -0.15) is 0 Å². The van der Waals surface area contributed by atoms with Crippen molar-refractivity contribution in [2.75, 3.05) is 0 Å². The van der Waals surface area contributed by atoms with Gasteiger partial charge in [0.2, 0.25) is 5.91 Å². The largest absolute Gasteiger partial charge is 0.420 e. The van der Waals surface area contributed by atoms with Crippen LogP contribution in [-0.4, -0.2) is 10.5 Å². The van der Waals surface area contributed by atoms with Crippen LogP contribution in [0.5, 0.6) is 0 Å². The minimum atomic E-state index is -0.523. The maximum atomic E-state index is 12.3. The van der Waals surface area contributed by atoms with Crippen LogP contribution in [0.4, 0.5) is 0 Å². The molecule has 1 unspecified atom stereocenters. The lowest BCUT2D eigenvalue weighted by Crippen LogP contribution is -2.32. The van der Waals surface area contributed by atoms with E-state index in [2.05, 4.69) is 5.32 Å². The summed E-state index contributed by atoms with van der Waals surface area (Å²) in [5.74, 6) is -0.751. The van der Waals surface area contributed by atoms with Gasteiger partial charge in [-0.3, -0.25) is 9.36 Å². The van der Waals surface area contributed by atoms with Crippen molar-refractivity contribution in [2.24, 2.45) is 0 Å². The summed E-state index contributed by atoms with van der Waals surface area (Å²) in [6.45, 7) is 3.87. The van der Waals surface area contributed by atoms with Gasteiger partial charge in [0.15, 0.2) is 5.58 Å². The molecule has 1 aromatic heterocycles. The van der Waals surface area contributed by atoms with Crippen LogP contribution < -0.4 is 11.1 Å². The molecule has 23 heavy (non-hydrogen) atoms. The smallest absolute Gasteiger partial charge is 0.408 e. The average molecular weight is 310 g/mol. The van der Waals surface area contributed by atoms with Gasteiger partial charge >= 0.3 is 5.76 Å². The molecule has 0 fully saturated rings. The zero-order valence-electron chi connectivity index (χ0n) is 13.1. The highest BCUT2D eigenvalue weighted by Crippen LogP contribution is 2.17. The number of nitrogens with zero attached hydrogens (tertiary/aromatic N) is 1. The predicted molar refractivity (Wildman–Crippen MR) is 88.2 cm³/mol. The second-order valence-electron chi connectivity index (χ2n) is 5.57. The number of benzene rings is 2. The highest BCUT2D eigenvalue weighted by Gasteiger charge is 2.15. The number of fused-ring (bicyclic) bond motifs is 1. The van der Waals surface area contributed by atoms with Crippen molar-refractivity contribution in [3.05, 3.63) is 70.2 Å². The molecular formula is C18H18N2O3. The minimum absolute atomic E-state index is 0.0634. The van der Waals surface area contributed by atoms with Crippen molar-refractivity contribution in [3.63, 3.8) is 0 Å². The summed E-state index contributed by atoms with van der Waals surface area (Å²) in [7, 11) is 0. The number of amides is 1. The van der Waals surface area contributed by atoms with Gasteiger partial charge in [-0.15, -0.1) is 0 Å². The summed E-state index contributed by atoms with van der Waals surface area (Å²) in [6.07, 6.45) is 0. The van der Waals surface area contributed by atoms with E-state index in [0.29, 0.717) is 11.1 Å². The molecule has 2 aromatic carbocycles. The van der Waals surface area contributed by atoms with E-state index in [1.54, 1.807) is 18.2 Å². The summed E-state index contributed by atoms with van der Waals surface area (Å²) in [6, 6.07) is 14.8. The number of aryl methyl sites for hydroxylation is 1. The molecule has 0 aliphatic rings. The molecule has 5 heteroatoms.